The highest BCUT2D eigenvalue weighted by molar-refractivity contribution is 5.79. The molecule has 0 aromatic carbocycles. The number of carbonyl (C=O) groups is 2. The van der Waals surface area contributed by atoms with Gasteiger partial charge in [0.1, 0.15) is 0 Å². The van der Waals surface area contributed by atoms with Crippen LogP contribution in [0.5, 0.6) is 0 Å². The molecule has 18 heavy (non-hydrogen) atoms. The fourth-order valence-electron chi connectivity index (χ4n) is 2.15. The van der Waals surface area contributed by atoms with Crippen LogP contribution >= 0.6 is 0 Å². The first-order chi connectivity index (χ1) is 8.70. The highest BCUT2D eigenvalue weighted by Gasteiger charge is 2.31. The van der Waals surface area contributed by atoms with E-state index in [-0.39, 0.29) is 17.8 Å². The van der Waals surface area contributed by atoms with E-state index in [1.165, 1.54) is 7.11 Å². The number of likely N-dealkylation sites (tertiary alicyclic amines) is 1. The quantitative estimate of drug-likeness (QED) is 0.722. The first-order valence-corrected chi connectivity index (χ1v) is 6.02. The molecule has 6 heteroatoms. The number of methoxy groups -OCH3 is 1. The number of nitrogens with zero attached hydrogens (tertiary/aromatic N) is 3. The molecule has 1 amide bonds. The lowest BCUT2D eigenvalue weighted by Crippen LogP contribution is -2.30. The van der Waals surface area contributed by atoms with Crippen LogP contribution in [0.2, 0.25) is 0 Å². The number of ether oxygens (including phenoxy) is 1. The second-order valence-corrected chi connectivity index (χ2v) is 4.40. The molecule has 0 saturated carbocycles. The van der Waals surface area contributed by atoms with Gasteiger partial charge in [0, 0.05) is 38.4 Å². The Kier molecular flexibility index (Phi) is 3.96. The minimum Gasteiger partial charge on any atom is -0.469 e. The van der Waals surface area contributed by atoms with Crippen molar-refractivity contribution in [3.8, 4) is 0 Å². The van der Waals surface area contributed by atoms with Crippen LogP contribution in [0.3, 0.4) is 0 Å². The van der Waals surface area contributed by atoms with E-state index >= 15 is 0 Å². The molecule has 0 bridgehead atoms. The Morgan fingerprint density at radius 1 is 1.50 bits per heavy atom. The number of carbonyl (C=O) groups excluding carboxylic acids is 2. The Labute approximate surface area is 106 Å². The molecular formula is C12H17N3O3. The average molecular weight is 251 g/mol. The standard InChI is InChI=1S/C12H17N3O3/c1-18-12(17)10-2-6-15(8-10)11(16)3-5-14-7-4-13-9-14/h4,7,9-10H,2-3,5-6,8H2,1H3. The van der Waals surface area contributed by atoms with Gasteiger partial charge in [0.2, 0.25) is 5.91 Å². The number of esters is 1. The summed E-state index contributed by atoms with van der Waals surface area (Å²) in [4.78, 5) is 28.9. The Hall–Kier alpha value is -1.85. The molecule has 98 valence electrons. The summed E-state index contributed by atoms with van der Waals surface area (Å²) < 4.78 is 6.56. The molecule has 1 fully saturated rings. The lowest BCUT2D eigenvalue weighted by atomic mass is 10.1. The number of aromatic nitrogens is 2. The van der Waals surface area contributed by atoms with E-state index in [0.717, 1.165) is 0 Å². The molecule has 6 nitrogen and oxygen atoms in total. The average Bonchev–Trinajstić information content (AvgIpc) is 3.05. The van der Waals surface area contributed by atoms with Crippen LogP contribution in [0, 0.1) is 5.92 Å². The molecule has 1 saturated heterocycles. The first kappa shape index (κ1) is 12.6. The van der Waals surface area contributed by atoms with Gasteiger partial charge in [-0.3, -0.25) is 9.59 Å². The topological polar surface area (TPSA) is 64.4 Å². The van der Waals surface area contributed by atoms with Crippen molar-refractivity contribution in [2.75, 3.05) is 20.2 Å². The second kappa shape index (κ2) is 5.66. The van der Waals surface area contributed by atoms with E-state index < -0.39 is 0 Å². The van der Waals surface area contributed by atoms with E-state index in [1.807, 2.05) is 10.8 Å². The molecule has 1 aromatic heterocycles. The van der Waals surface area contributed by atoms with Crippen molar-refractivity contribution in [3.05, 3.63) is 18.7 Å². The van der Waals surface area contributed by atoms with Gasteiger partial charge in [0.15, 0.2) is 0 Å². The lowest BCUT2D eigenvalue weighted by molar-refractivity contribution is -0.145. The molecule has 2 rings (SSSR count). The highest BCUT2D eigenvalue weighted by atomic mass is 16.5. The molecule has 1 aliphatic heterocycles. The van der Waals surface area contributed by atoms with E-state index in [4.69, 9.17) is 4.74 Å². The van der Waals surface area contributed by atoms with Gasteiger partial charge < -0.3 is 14.2 Å². The highest BCUT2D eigenvalue weighted by Crippen LogP contribution is 2.18. The predicted molar refractivity (Wildman–Crippen MR) is 63.5 cm³/mol. The lowest BCUT2D eigenvalue weighted by Gasteiger charge is -2.16. The monoisotopic (exact) mass is 251 g/mol. The fourth-order valence-corrected chi connectivity index (χ4v) is 2.15. The van der Waals surface area contributed by atoms with Crippen LogP contribution in [0.25, 0.3) is 0 Å². The Morgan fingerprint density at radius 3 is 3.00 bits per heavy atom. The summed E-state index contributed by atoms with van der Waals surface area (Å²) in [5.41, 5.74) is 0. The second-order valence-electron chi connectivity index (χ2n) is 4.40. The van der Waals surface area contributed by atoms with Crippen LogP contribution in [0.1, 0.15) is 12.8 Å². The number of hydrogen-bond donors (Lipinski definition) is 0. The summed E-state index contributed by atoms with van der Waals surface area (Å²) in [6.07, 6.45) is 6.34. The Bertz CT molecular complexity index is 416. The summed E-state index contributed by atoms with van der Waals surface area (Å²) in [6, 6.07) is 0. The zero-order valence-electron chi connectivity index (χ0n) is 10.4. The van der Waals surface area contributed by atoms with Crippen molar-refractivity contribution in [2.24, 2.45) is 5.92 Å². The molecule has 1 aliphatic rings. The van der Waals surface area contributed by atoms with Crippen molar-refractivity contribution >= 4 is 11.9 Å². The number of rotatable bonds is 4. The zero-order valence-corrected chi connectivity index (χ0v) is 10.4. The van der Waals surface area contributed by atoms with Crippen molar-refractivity contribution in [3.63, 3.8) is 0 Å². The third-order valence-corrected chi connectivity index (χ3v) is 3.22. The minimum absolute atomic E-state index is 0.0788. The largest absolute Gasteiger partial charge is 0.469 e. The van der Waals surface area contributed by atoms with Crippen molar-refractivity contribution in [1.82, 2.24) is 14.5 Å². The first-order valence-electron chi connectivity index (χ1n) is 6.02. The molecule has 1 unspecified atom stereocenters. The smallest absolute Gasteiger partial charge is 0.310 e. The SMILES string of the molecule is COC(=O)C1CCN(C(=O)CCn2ccnc2)C1. The molecule has 1 aromatic rings. The van der Waals surface area contributed by atoms with Gasteiger partial charge in [-0.2, -0.15) is 0 Å². The molecule has 1 atom stereocenters. The van der Waals surface area contributed by atoms with Crippen LogP contribution in [0.4, 0.5) is 0 Å². The van der Waals surface area contributed by atoms with E-state index in [2.05, 4.69) is 4.98 Å². The van der Waals surface area contributed by atoms with Crippen LogP contribution in [0.15, 0.2) is 18.7 Å². The number of aryl methyl sites for hydroxylation is 1. The minimum atomic E-state index is -0.222. The Balaban J connectivity index is 1.78. The summed E-state index contributed by atoms with van der Waals surface area (Å²) in [5.74, 6) is -0.304. The molecule has 0 N–H and O–H groups in total. The van der Waals surface area contributed by atoms with Crippen LogP contribution in [-0.4, -0.2) is 46.5 Å². The van der Waals surface area contributed by atoms with Crippen LogP contribution < -0.4 is 0 Å². The maximum Gasteiger partial charge on any atom is 0.310 e. The number of hydrogen-bond acceptors (Lipinski definition) is 4. The summed E-state index contributed by atoms with van der Waals surface area (Å²) in [7, 11) is 1.38. The van der Waals surface area contributed by atoms with Crippen molar-refractivity contribution < 1.29 is 14.3 Å². The van der Waals surface area contributed by atoms with Gasteiger partial charge in [0.25, 0.3) is 0 Å². The van der Waals surface area contributed by atoms with Crippen molar-refractivity contribution in [1.29, 1.82) is 0 Å². The van der Waals surface area contributed by atoms with Gasteiger partial charge in [-0.1, -0.05) is 0 Å². The van der Waals surface area contributed by atoms with Gasteiger partial charge in [0.05, 0.1) is 19.4 Å². The summed E-state index contributed by atoms with van der Waals surface area (Å²) in [5, 5.41) is 0. The summed E-state index contributed by atoms with van der Waals surface area (Å²) >= 11 is 0. The van der Waals surface area contributed by atoms with E-state index in [1.54, 1.807) is 17.4 Å². The summed E-state index contributed by atoms with van der Waals surface area (Å²) in [6.45, 7) is 1.75. The number of imidazole rings is 1. The number of amides is 1. The van der Waals surface area contributed by atoms with E-state index in [9.17, 15) is 9.59 Å². The third-order valence-electron chi connectivity index (χ3n) is 3.22. The molecule has 2 heterocycles. The molecule has 0 aliphatic carbocycles. The third kappa shape index (κ3) is 2.88. The van der Waals surface area contributed by atoms with Crippen molar-refractivity contribution in [2.45, 2.75) is 19.4 Å². The maximum absolute atomic E-state index is 11.9. The van der Waals surface area contributed by atoms with Gasteiger partial charge >= 0.3 is 5.97 Å². The van der Waals surface area contributed by atoms with Gasteiger partial charge in [-0.15, -0.1) is 0 Å². The van der Waals surface area contributed by atoms with Gasteiger partial charge in [-0.05, 0) is 6.42 Å². The van der Waals surface area contributed by atoms with Gasteiger partial charge in [-0.25, -0.2) is 4.98 Å². The maximum atomic E-state index is 11.9. The zero-order chi connectivity index (χ0) is 13.0. The van der Waals surface area contributed by atoms with Crippen LogP contribution in [-0.2, 0) is 20.9 Å². The predicted octanol–water partition coefficient (Wildman–Crippen LogP) is 0.295. The molecule has 0 radical (unpaired) electrons. The Morgan fingerprint density at radius 2 is 2.33 bits per heavy atom. The molecular weight excluding hydrogens is 234 g/mol. The van der Waals surface area contributed by atoms with E-state index in [0.29, 0.717) is 32.5 Å². The normalized spacial score (nSPS) is 18.9. The molecule has 0 spiro atoms. The fraction of sp³-hybridized carbons (Fsp3) is 0.583.